The minimum Gasteiger partial charge on any atom is -0.494 e. The highest BCUT2D eigenvalue weighted by Gasteiger charge is 2.33. The van der Waals surface area contributed by atoms with E-state index >= 15 is 0 Å². The van der Waals surface area contributed by atoms with Crippen LogP contribution in [0.4, 0.5) is 0 Å². The van der Waals surface area contributed by atoms with E-state index < -0.39 is 12.0 Å². The van der Waals surface area contributed by atoms with Gasteiger partial charge in [0.1, 0.15) is 11.8 Å². The quantitative estimate of drug-likeness (QED) is 0.615. The van der Waals surface area contributed by atoms with Crippen LogP contribution < -0.4 is 4.74 Å². The molecule has 1 fully saturated rings. The van der Waals surface area contributed by atoms with E-state index in [2.05, 4.69) is 0 Å². The van der Waals surface area contributed by atoms with Gasteiger partial charge in [-0.1, -0.05) is 12.1 Å². The zero-order chi connectivity index (χ0) is 16.8. The number of carboxylic acid groups (broad SMARTS) is 1. The second-order valence-electron chi connectivity index (χ2n) is 5.62. The maximum atomic E-state index is 12.1. The zero-order valence-electron chi connectivity index (χ0n) is 13.2. The minimum absolute atomic E-state index is 0.0284. The van der Waals surface area contributed by atoms with E-state index in [0.717, 1.165) is 6.42 Å². The number of carbonyl (C=O) groups is 3. The average Bonchev–Trinajstić information content (AvgIpc) is 3.01. The first kappa shape index (κ1) is 17.0. The van der Waals surface area contributed by atoms with E-state index in [0.29, 0.717) is 37.3 Å². The Kier molecular flexibility index (Phi) is 5.73. The van der Waals surface area contributed by atoms with Crippen molar-refractivity contribution in [3.8, 4) is 5.75 Å². The van der Waals surface area contributed by atoms with Gasteiger partial charge in [0, 0.05) is 18.5 Å². The Labute approximate surface area is 135 Å². The number of ether oxygens (including phenoxy) is 1. The lowest BCUT2D eigenvalue weighted by Crippen LogP contribution is -2.40. The van der Waals surface area contributed by atoms with E-state index in [1.807, 2.05) is 0 Å². The second-order valence-corrected chi connectivity index (χ2v) is 5.62. The molecule has 2 rings (SSSR count). The molecule has 0 aromatic heterocycles. The van der Waals surface area contributed by atoms with Crippen molar-refractivity contribution < 1.29 is 24.2 Å². The maximum absolute atomic E-state index is 12.1. The number of carbonyl (C=O) groups excluding carboxylic acids is 2. The van der Waals surface area contributed by atoms with Gasteiger partial charge in [-0.2, -0.15) is 0 Å². The van der Waals surface area contributed by atoms with Crippen molar-refractivity contribution in [3.05, 3.63) is 29.8 Å². The molecule has 1 saturated heterocycles. The molecule has 0 saturated carbocycles. The molecule has 1 aliphatic heterocycles. The summed E-state index contributed by atoms with van der Waals surface area (Å²) >= 11 is 0. The molecule has 6 nitrogen and oxygen atoms in total. The number of amides is 1. The van der Waals surface area contributed by atoms with Crippen LogP contribution in [-0.2, 0) is 9.59 Å². The molecule has 1 aromatic rings. The number of hydrogen-bond donors (Lipinski definition) is 1. The molecule has 1 unspecified atom stereocenters. The van der Waals surface area contributed by atoms with Gasteiger partial charge >= 0.3 is 5.97 Å². The molecule has 6 heteroatoms. The van der Waals surface area contributed by atoms with Crippen LogP contribution in [0.25, 0.3) is 0 Å². The molecule has 0 spiro atoms. The molecule has 1 aromatic carbocycles. The summed E-state index contributed by atoms with van der Waals surface area (Å²) in [6.07, 6.45) is 2.02. The Bertz CT molecular complexity index is 598. The Hall–Kier alpha value is -2.37. The lowest BCUT2D eigenvalue weighted by molar-refractivity contribution is -0.148. The summed E-state index contributed by atoms with van der Waals surface area (Å²) in [6.45, 7) is 2.35. The summed E-state index contributed by atoms with van der Waals surface area (Å²) < 4.78 is 5.54. The van der Waals surface area contributed by atoms with Crippen molar-refractivity contribution in [2.24, 2.45) is 0 Å². The molecule has 124 valence electrons. The highest BCUT2D eigenvalue weighted by molar-refractivity contribution is 5.94. The van der Waals surface area contributed by atoms with Crippen LogP contribution in [-0.4, -0.2) is 46.9 Å². The summed E-state index contributed by atoms with van der Waals surface area (Å²) in [5, 5.41) is 9.08. The third-order valence-corrected chi connectivity index (χ3v) is 3.90. The molecular formula is C17H21NO5. The molecule has 1 atom stereocenters. The Morgan fingerprint density at radius 3 is 2.83 bits per heavy atom. The van der Waals surface area contributed by atoms with Gasteiger partial charge in [0.15, 0.2) is 5.78 Å². The molecule has 1 aliphatic rings. The number of ketones is 1. The molecule has 1 heterocycles. The first-order valence-electron chi connectivity index (χ1n) is 7.75. The summed E-state index contributed by atoms with van der Waals surface area (Å²) in [7, 11) is 0. The summed E-state index contributed by atoms with van der Waals surface area (Å²) in [4.78, 5) is 35.9. The van der Waals surface area contributed by atoms with E-state index in [4.69, 9.17) is 9.84 Å². The number of carboxylic acids is 1. The first-order chi connectivity index (χ1) is 11.0. The standard InChI is InChI=1S/C17H21NO5/c1-12(19)13-5-2-6-14(11-13)23-10-4-8-16(20)18-9-3-7-15(18)17(21)22/h2,5-6,11,15H,3-4,7-10H2,1H3,(H,21,22). The Morgan fingerprint density at radius 1 is 1.35 bits per heavy atom. The second kappa shape index (κ2) is 7.76. The Balaban J connectivity index is 1.77. The normalized spacial score (nSPS) is 17.1. The van der Waals surface area contributed by atoms with Gasteiger partial charge in [-0.05, 0) is 38.3 Å². The van der Waals surface area contributed by atoms with Crippen molar-refractivity contribution in [2.75, 3.05) is 13.2 Å². The smallest absolute Gasteiger partial charge is 0.326 e. The van der Waals surface area contributed by atoms with Crippen LogP contribution in [0.1, 0.15) is 43.0 Å². The fraction of sp³-hybridized carbons (Fsp3) is 0.471. The van der Waals surface area contributed by atoms with Crippen LogP contribution in [0, 0.1) is 0 Å². The van der Waals surface area contributed by atoms with E-state index in [1.165, 1.54) is 11.8 Å². The van der Waals surface area contributed by atoms with Crippen molar-refractivity contribution >= 4 is 17.7 Å². The topological polar surface area (TPSA) is 83.9 Å². The predicted octanol–water partition coefficient (Wildman–Crippen LogP) is 2.12. The molecule has 1 amide bonds. The van der Waals surface area contributed by atoms with Crippen LogP contribution in [0.15, 0.2) is 24.3 Å². The lowest BCUT2D eigenvalue weighted by atomic mass is 10.1. The van der Waals surface area contributed by atoms with Gasteiger partial charge in [0.2, 0.25) is 5.91 Å². The van der Waals surface area contributed by atoms with Gasteiger partial charge in [-0.25, -0.2) is 4.79 Å². The number of benzene rings is 1. The monoisotopic (exact) mass is 319 g/mol. The van der Waals surface area contributed by atoms with Crippen LogP contribution in [0.2, 0.25) is 0 Å². The molecule has 0 bridgehead atoms. The summed E-state index contributed by atoms with van der Waals surface area (Å²) in [5.74, 6) is -0.516. The van der Waals surface area contributed by atoms with Crippen molar-refractivity contribution in [2.45, 2.75) is 38.6 Å². The molecule has 23 heavy (non-hydrogen) atoms. The minimum atomic E-state index is -0.937. The van der Waals surface area contributed by atoms with Crippen LogP contribution >= 0.6 is 0 Å². The molecule has 1 N–H and O–H groups in total. The highest BCUT2D eigenvalue weighted by Crippen LogP contribution is 2.19. The third-order valence-electron chi connectivity index (χ3n) is 3.90. The molecule has 0 aliphatic carbocycles. The van der Waals surface area contributed by atoms with E-state index in [-0.39, 0.29) is 18.1 Å². The average molecular weight is 319 g/mol. The van der Waals surface area contributed by atoms with Crippen LogP contribution in [0.3, 0.4) is 0 Å². The van der Waals surface area contributed by atoms with Gasteiger partial charge in [-0.15, -0.1) is 0 Å². The first-order valence-corrected chi connectivity index (χ1v) is 7.75. The van der Waals surface area contributed by atoms with E-state index in [1.54, 1.807) is 24.3 Å². The Morgan fingerprint density at radius 2 is 2.13 bits per heavy atom. The number of rotatable bonds is 7. The largest absolute Gasteiger partial charge is 0.494 e. The van der Waals surface area contributed by atoms with Crippen molar-refractivity contribution in [1.29, 1.82) is 0 Å². The molecular weight excluding hydrogens is 298 g/mol. The highest BCUT2D eigenvalue weighted by atomic mass is 16.5. The third kappa shape index (κ3) is 4.55. The van der Waals surface area contributed by atoms with Crippen molar-refractivity contribution in [3.63, 3.8) is 0 Å². The predicted molar refractivity (Wildman–Crippen MR) is 83.5 cm³/mol. The van der Waals surface area contributed by atoms with Gasteiger partial charge in [0.05, 0.1) is 6.61 Å². The SMILES string of the molecule is CC(=O)c1cccc(OCCCC(=O)N2CCCC2C(=O)O)c1. The van der Waals surface area contributed by atoms with Gasteiger partial charge in [-0.3, -0.25) is 9.59 Å². The number of hydrogen-bond acceptors (Lipinski definition) is 4. The fourth-order valence-corrected chi connectivity index (χ4v) is 2.68. The van der Waals surface area contributed by atoms with Gasteiger partial charge in [0.25, 0.3) is 0 Å². The van der Waals surface area contributed by atoms with Crippen molar-refractivity contribution in [1.82, 2.24) is 4.90 Å². The summed E-state index contributed by atoms with van der Waals surface area (Å²) in [5.41, 5.74) is 0.583. The zero-order valence-corrected chi connectivity index (χ0v) is 13.2. The number of likely N-dealkylation sites (tertiary alicyclic amines) is 1. The number of Topliss-reactive ketones (excluding diaryl/α,β-unsaturated/α-hetero) is 1. The van der Waals surface area contributed by atoms with Crippen LogP contribution in [0.5, 0.6) is 5.75 Å². The lowest BCUT2D eigenvalue weighted by Gasteiger charge is -2.21. The summed E-state index contributed by atoms with van der Waals surface area (Å²) in [6, 6.07) is 6.22. The number of aliphatic carboxylic acids is 1. The molecule has 0 radical (unpaired) electrons. The van der Waals surface area contributed by atoms with E-state index in [9.17, 15) is 14.4 Å². The van der Waals surface area contributed by atoms with Gasteiger partial charge < -0.3 is 14.7 Å². The number of nitrogens with zero attached hydrogens (tertiary/aromatic N) is 1. The maximum Gasteiger partial charge on any atom is 0.326 e. The fourth-order valence-electron chi connectivity index (χ4n) is 2.68.